The van der Waals surface area contributed by atoms with E-state index in [1.54, 1.807) is 23.1 Å². The highest BCUT2D eigenvalue weighted by Crippen LogP contribution is 2.32. The molecule has 0 aliphatic carbocycles. The standard InChI is InChI=1S/C18H14N2S2/c1-12-9-13-5-4-8-19-17(13)14(10-12)11-21-18-20-15-6-2-3-7-16(15)22-18/h2-10H,11H2,1H3. The first kappa shape index (κ1) is 13.7. The van der Waals surface area contributed by atoms with Gasteiger partial charge in [-0.15, -0.1) is 11.3 Å². The van der Waals surface area contributed by atoms with Gasteiger partial charge in [0.15, 0.2) is 4.34 Å². The lowest BCUT2D eigenvalue weighted by molar-refractivity contribution is 1.28. The first-order valence-corrected chi connectivity index (χ1v) is 8.92. The number of aromatic nitrogens is 2. The number of rotatable bonds is 3. The van der Waals surface area contributed by atoms with Crippen LogP contribution in [0.25, 0.3) is 21.1 Å². The molecule has 0 aliphatic heterocycles. The second kappa shape index (κ2) is 5.71. The lowest BCUT2D eigenvalue weighted by atomic mass is 10.1. The topological polar surface area (TPSA) is 25.8 Å². The summed E-state index contributed by atoms with van der Waals surface area (Å²) in [7, 11) is 0. The Bertz CT molecular complexity index is 927. The second-order valence-corrected chi connectivity index (χ2v) is 7.49. The molecule has 2 heterocycles. The van der Waals surface area contributed by atoms with Gasteiger partial charge in [0.05, 0.1) is 15.7 Å². The summed E-state index contributed by atoms with van der Waals surface area (Å²) < 4.78 is 2.36. The van der Waals surface area contributed by atoms with Gasteiger partial charge < -0.3 is 0 Å². The van der Waals surface area contributed by atoms with E-state index >= 15 is 0 Å². The highest BCUT2D eigenvalue weighted by Gasteiger charge is 2.07. The molecule has 0 saturated carbocycles. The van der Waals surface area contributed by atoms with E-state index in [4.69, 9.17) is 4.98 Å². The summed E-state index contributed by atoms with van der Waals surface area (Å²) in [5.74, 6) is 0.898. The van der Waals surface area contributed by atoms with Gasteiger partial charge in [-0.05, 0) is 36.8 Å². The zero-order valence-corrected chi connectivity index (χ0v) is 13.7. The van der Waals surface area contributed by atoms with E-state index < -0.39 is 0 Å². The van der Waals surface area contributed by atoms with Crippen LogP contribution in [-0.4, -0.2) is 9.97 Å². The number of thioether (sulfide) groups is 1. The fourth-order valence-corrected chi connectivity index (χ4v) is 4.64. The molecule has 2 aromatic carbocycles. The first-order chi connectivity index (χ1) is 10.8. The van der Waals surface area contributed by atoms with Gasteiger partial charge in [-0.1, -0.05) is 41.6 Å². The van der Waals surface area contributed by atoms with Crippen molar-refractivity contribution in [3.8, 4) is 0 Å². The molecule has 0 radical (unpaired) electrons. The van der Waals surface area contributed by atoms with E-state index in [2.05, 4.69) is 48.3 Å². The van der Waals surface area contributed by atoms with Crippen LogP contribution in [0, 0.1) is 6.92 Å². The number of para-hydroxylation sites is 1. The van der Waals surface area contributed by atoms with E-state index in [0.29, 0.717) is 0 Å². The van der Waals surface area contributed by atoms with Crippen LogP contribution in [-0.2, 0) is 5.75 Å². The van der Waals surface area contributed by atoms with Crippen molar-refractivity contribution in [3.63, 3.8) is 0 Å². The van der Waals surface area contributed by atoms with Gasteiger partial charge >= 0.3 is 0 Å². The Labute approximate surface area is 137 Å². The molecule has 2 aromatic heterocycles. The van der Waals surface area contributed by atoms with Crippen LogP contribution in [0.4, 0.5) is 0 Å². The van der Waals surface area contributed by atoms with Crippen molar-refractivity contribution >= 4 is 44.2 Å². The minimum atomic E-state index is 0.898. The van der Waals surface area contributed by atoms with E-state index in [-0.39, 0.29) is 0 Å². The van der Waals surface area contributed by atoms with Crippen LogP contribution in [0.3, 0.4) is 0 Å². The highest BCUT2D eigenvalue weighted by molar-refractivity contribution is 8.00. The molecule has 0 atom stereocenters. The number of hydrogen-bond acceptors (Lipinski definition) is 4. The number of fused-ring (bicyclic) bond motifs is 2. The summed E-state index contributed by atoms with van der Waals surface area (Å²) in [5.41, 5.74) is 4.74. The average Bonchev–Trinajstić information content (AvgIpc) is 2.95. The molecule has 4 rings (SSSR count). The summed E-state index contributed by atoms with van der Waals surface area (Å²) in [6.45, 7) is 2.14. The van der Waals surface area contributed by atoms with Crippen LogP contribution in [0.5, 0.6) is 0 Å². The zero-order valence-electron chi connectivity index (χ0n) is 12.1. The number of hydrogen-bond donors (Lipinski definition) is 0. The third-order valence-corrected chi connectivity index (χ3v) is 5.78. The van der Waals surface area contributed by atoms with Crippen molar-refractivity contribution in [1.82, 2.24) is 9.97 Å². The summed E-state index contributed by atoms with van der Waals surface area (Å²) in [5, 5.41) is 1.21. The molecule has 0 aliphatic rings. The van der Waals surface area contributed by atoms with E-state index in [0.717, 1.165) is 21.1 Å². The summed E-state index contributed by atoms with van der Waals surface area (Å²) in [4.78, 5) is 9.24. The number of aryl methyl sites for hydroxylation is 1. The number of thiazole rings is 1. The predicted molar refractivity (Wildman–Crippen MR) is 95.7 cm³/mol. The third kappa shape index (κ3) is 2.60. The van der Waals surface area contributed by atoms with Gasteiger partial charge in [0.25, 0.3) is 0 Å². The molecule has 0 bridgehead atoms. The van der Waals surface area contributed by atoms with Crippen molar-refractivity contribution in [2.75, 3.05) is 0 Å². The fourth-order valence-electron chi connectivity index (χ4n) is 2.59. The Balaban J connectivity index is 1.66. The van der Waals surface area contributed by atoms with Crippen molar-refractivity contribution in [2.45, 2.75) is 17.0 Å². The van der Waals surface area contributed by atoms with Gasteiger partial charge in [-0.25, -0.2) is 4.98 Å². The molecule has 0 fully saturated rings. The van der Waals surface area contributed by atoms with Crippen LogP contribution in [0.1, 0.15) is 11.1 Å². The summed E-state index contributed by atoms with van der Waals surface area (Å²) in [6.07, 6.45) is 1.86. The van der Waals surface area contributed by atoms with E-state index in [1.165, 1.54) is 21.2 Å². The maximum absolute atomic E-state index is 4.69. The molecular formula is C18H14N2S2. The van der Waals surface area contributed by atoms with Crippen LogP contribution in [0.15, 0.2) is 59.1 Å². The van der Waals surface area contributed by atoms with Gasteiger partial charge in [0, 0.05) is 17.3 Å². The number of nitrogens with zero attached hydrogens (tertiary/aromatic N) is 2. The molecule has 0 spiro atoms. The van der Waals surface area contributed by atoms with Gasteiger partial charge in [-0.3, -0.25) is 4.98 Å². The second-order valence-electron chi connectivity index (χ2n) is 5.24. The maximum Gasteiger partial charge on any atom is 0.151 e. The number of benzene rings is 2. The van der Waals surface area contributed by atoms with Gasteiger partial charge in [0.2, 0.25) is 0 Å². The van der Waals surface area contributed by atoms with Crippen molar-refractivity contribution in [2.24, 2.45) is 0 Å². The Morgan fingerprint density at radius 2 is 2.00 bits per heavy atom. The highest BCUT2D eigenvalue weighted by atomic mass is 32.2. The summed E-state index contributed by atoms with van der Waals surface area (Å²) in [6, 6.07) is 16.8. The maximum atomic E-state index is 4.69. The normalized spacial score (nSPS) is 11.3. The van der Waals surface area contributed by atoms with Crippen molar-refractivity contribution in [1.29, 1.82) is 0 Å². The van der Waals surface area contributed by atoms with Gasteiger partial charge in [0.1, 0.15) is 0 Å². The van der Waals surface area contributed by atoms with Gasteiger partial charge in [-0.2, -0.15) is 0 Å². The summed E-state index contributed by atoms with van der Waals surface area (Å²) >= 11 is 3.55. The average molecular weight is 322 g/mol. The first-order valence-electron chi connectivity index (χ1n) is 7.12. The quantitative estimate of drug-likeness (QED) is 0.469. The Morgan fingerprint density at radius 1 is 1.09 bits per heavy atom. The SMILES string of the molecule is Cc1cc(CSc2nc3ccccc3s2)c2ncccc2c1. The van der Waals surface area contributed by atoms with E-state index in [1.807, 2.05) is 18.3 Å². The molecule has 108 valence electrons. The fraction of sp³-hybridized carbons (Fsp3) is 0.111. The largest absolute Gasteiger partial charge is 0.256 e. The van der Waals surface area contributed by atoms with Crippen molar-refractivity contribution < 1.29 is 0 Å². The number of pyridine rings is 1. The minimum absolute atomic E-state index is 0.898. The Kier molecular flexibility index (Phi) is 3.56. The molecule has 0 amide bonds. The lowest BCUT2D eigenvalue weighted by Gasteiger charge is -2.06. The molecule has 0 saturated heterocycles. The zero-order chi connectivity index (χ0) is 14.9. The Hall–Kier alpha value is -1.91. The molecule has 4 aromatic rings. The molecule has 4 heteroatoms. The molecule has 2 nitrogen and oxygen atoms in total. The van der Waals surface area contributed by atoms with Crippen molar-refractivity contribution in [3.05, 3.63) is 65.9 Å². The molecule has 22 heavy (non-hydrogen) atoms. The predicted octanol–water partition coefficient (Wildman–Crippen LogP) is 5.45. The monoisotopic (exact) mass is 322 g/mol. The third-order valence-electron chi connectivity index (χ3n) is 3.55. The Morgan fingerprint density at radius 3 is 2.91 bits per heavy atom. The minimum Gasteiger partial charge on any atom is -0.256 e. The van der Waals surface area contributed by atoms with Crippen LogP contribution in [0.2, 0.25) is 0 Å². The smallest absolute Gasteiger partial charge is 0.151 e. The molecule has 0 N–H and O–H groups in total. The molecular weight excluding hydrogens is 308 g/mol. The molecule has 0 unspecified atom stereocenters. The van der Waals surface area contributed by atoms with E-state index in [9.17, 15) is 0 Å². The lowest BCUT2D eigenvalue weighted by Crippen LogP contribution is -1.89. The van der Waals surface area contributed by atoms with Crippen LogP contribution >= 0.6 is 23.1 Å². The van der Waals surface area contributed by atoms with Crippen LogP contribution < -0.4 is 0 Å².